The third-order valence-corrected chi connectivity index (χ3v) is 6.98. The highest BCUT2D eigenvalue weighted by molar-refractivity contribution is 5.90. The monoisotopic (exact) mass is 438 g/mol. The van der Waals surface area contributed by atoms with Crippen LogP contribution in [0.2, 0.25) is 0 Å². The van der Waals surface area contributed by atoms with Crippen LogP contribution in [-0.2, 0) is 14.3 Å². The molecule has 2 fully saturated rings. The van der Waals surface area contributed by atoms with Gasteiger partial charge in [-0.3, -0.25) is 4.79 Å². The SMILES string of the molecule is Cc1cc(-n2cnnn2)ccc1C(O)CN1CCC2(CC1)CCN(C1=CC(=O)OC1)C2=O. The average Bonchev–Trinajstić information content (AvgIpc) is 3.52. The molecule has 0 bridgehead atoms. The predicted octanol–water partition coefficient (Wildman–Crippen LogP) is 0.759. The van der Waals surface area contributed by atoms with Gasteiger partial charge < -0.3 is 19.6 Å². The van der Waals surface area contributed by atoms with Crippen molar-refractivity contribution < 1.29 is 19.4 Å². The normalized spacial score (nSPS) is 21.8. The number of ether oxygens (including phenoxy) is 1. The number of esters is 1. The van der Waals surface area contributed by atoms with Crippen LogP contribution < -0.4 is 0 Å². The number of benzene rings is 1. The Labute approximate surface area is 185 Å². The van der Waals surface area contributed by atoms with Gasteiger partial charge in [0.2, 0.25) is 5.91 Å². The van der Waals surface area contributed by atoms with Crippen molar-refractivity contribution in [2.45, 2.75) is 32.3 Å². The van der Waals surface area contributed by atoms with Gasteiger partial charge in [-0.1, -0.05) is 6.07 Å². The van der Waals surface area contributed by atoms with Crippen molar-refractivity contribution >= 4 is 11.9 Å². The van der Waals surface area contributed by atoms with Crippen LogP contribution in [-0.4, -0.2) is 79.8 Å². The average molecular weight is 438 g/mol. The fourth-order valence-corrected chi connectivity index (χ4v) is 5.04. The minimum Gasteiger partial charge on any atom is -0.456 e. The van der Waals surface area contributed by atoms with E-state index >= 15 is 0 Å². The summed E-state index contributed by atoms with van der Waals surface area (Å²) in [5.74, 6) is -0.268. The number of β-amino-alcohol motifs (C(OH)–C–C–N with tert-alkyl or cyclic N) is 1. The first-order valence-corrected chi connectivity index (χ1v) is 10.9. The van der Waals surface area contributed by atoms with Crippen LogP contribution in [0.4, 0.5) is 0 Å². The topological polar surface area (TPSA) is 114 Å². The number of aliphatic hydroxyl groups excluding tert-OH is 1. The molecule has 1 amide bonds. The Morgan fingerprint density at radius 2 is 1.97 bits per heavy atom. The molecule has 10 heteroatoms. The van der Waals surface area contributed by atoms with E-state index in [2.05, 4.69) is 20.4 Å². The minimum absolute atomic E-state index is 0.108. The summed E-state index contributed by atoms with van der Waals surface area (Å²) in [5.41, 5.74) is 3.01. The van der Waals surface area contributed by atoms with Crippen LogP contribution in [0.5, 0.6) is 0 Å². The summed E-state index contributed by atoms with van der Waals surface area (Å²) in [6.45, 7) is 4.82. The standard InChI is InChI=1S/C22H26N6O4/c1-15-10-16(28-14-23-24-25-28)2-3-18(15)19(29)12-26-7-4-22(5-8-26)6-9-27(21(22)31)17-11-20(30)32-13-17/h2-3,10-11,14,19,29H,4-9,12-13H2,1H3. The number of hydrogen-bond donors (Lipinski definition) is 1. The number of amides is 1. The van der Waals surface area contributed by atoms with E-state index in [1.807, 2.05) is 25.1 Å². The van der Waals surface area contributed by atoms with Gasteiger partial charge in [-0.25, -0.2) is 9.48 Å². The molecule has 168 valence electrons. The first-order chi connectivity index (χ1) is 15.4. The zero-order valence-corrected chi connectivity index (χ0v) is 18.0. The smallest absolute Gasteiger partial charge is 0.333 e. The third-order valence-electron chi connectivity index (χ3n) is 6.98. The first-order valence-electron chi connectivity index (χ1n) is 10.9. The summed E-state index contributed by atoms with van der Waals surface area (Å²) in [5, 5.41) is 22.1. The zero-order chi connectivity index (χ0) is 22.3. The molecular weight excluding hydrogens is 412 g/mol. The van der Waals surface area contributed by atoms with E-state index in [4.69, 9.17) is 4.74 Å². The Balaban J connectivity index is 1.20. The highest BCUT2D eigenvalue weighted by Gasteiger charge is 2.49. The van der Waals surface area contributed by atoms with E-state index < -0.39 is 6.10 Å². The lowest BCUT2D eigenvalue weighted by Crippen LogP contribution is -2.45. The Bertz CT molecular complexity index is 1060. The number of aromatic nitrogens is 4. The maximum Gasteiger partial charge on any atom is 0.333 e. The first kappa shape index (κ1) is 20.8. The molecule has 32 heavy (non-hydrogen) atoms. The van der Waals surface area contributed by atoms with Crippen LogP contribution in [0.1, 0.15) is 36.5 Å². The summed E-state index contributed by atoms with van der Waals surface area (Å²) in [7, 11) is 0. The highest BCUT2D eigenvalue weighted by atomic mass is 16.5. The molecule has 5 rings (SSSR count). The summed E-state index contributed by atoms with van der Waals surface area (Å²) in [4.78, 5) is 28.5. The number of piperidine rings is 1. The molecule has 3 aliphatic rings. The molecule has 2 aromatic rings. The third kappa shape index (κ3) is 3.69. The Hall–Kier alpha value is -3.11. The summed E-state index contributed by atoms with van der Waals surface area (Å²) >= 11 is 0. The number of hydrogen-bond acceptors (Lipinski definition) is 8. The van der Waals surface area contributed by atoms with Crippen molar-refractivity contribution in [3.63, 3.8) is 0 Å². The van der Waals surface area contributed by atoms with Crippen molar-refractivity contribution in [1.82, 2.24) is 30.0 Å². The van der Waals surface area contributed by atoms with E-state index in [9.17, 15) is 14.7 Å². The lowest BCUT2D eigenvalue weighted by molar-refractivity contribution is -0.138. The van der Waals surface area contributed by atoms with Gasteiger partial charge in [0, 0.05) is 19.2 Å². The van der Waals surface area contributed by atoms with Crippen molar-refractivity contribution in [3.05, 3.63) is 47.4 Å². The zero-order valence-electron chi connectivity index (χ0n) is 18.0. The number of tetrazole rings is 1. The number of carbonyl (C=O) groups excluding carboxylic acids is 2. The van der Waals surface area contributed by atoms with Crippen molar-refractivity contribution in [2.75, 3.05) is 32.8 Å². The van der Waals surface area contributed by atoms with E-state index in [-0.39, 0.29) is 23.9 Å². The van der Waals surface area contributed by atoms with E-state index in [1.165, 1.54) is 12.4 Å². The van der Waals surface area contributed by atoms with Crippen LogP contribution in [0.3, 0.4) is 0 Å². The maximum atomic E-state index is 13.1. The van der Waals surface area contributed by atoms with Crippen molar-refractivity contribution in [1.29, 1.82) is 0 Å². The lowest BCUT2D eigenvalue weighted by Gasteiger charge is -2.38. The number of rotatable bonds is 5. The van der Waals surface area contributed by atoms with E-state index in [0.29, 0.717) is 18.8 Å². The number of aryl methyl sites for hydroxylation is 1. The van der Waals surface area contributed by atoms with Gasteiger partial charge in [-0.2, -0.15) is 0 Å². The molecule has 0 aliphatic carbocycles. The number of likely N-dealkylation sites (tertiary alicyclic amines) is 2. The second-order valence-corrected chi connectivity index (χ2v) is 8.84. The number of nitrogens with zero attached hydrogens (tertiary/aromatic N) is 6. The largest absolute Gasteiger partial charge is 0.456 e. The van der Waals surface area contributed by atoms with Gasteiger partial charge in [0.15, 0.2) is 0 Å². The molecule has 1 unspecified atom stereocenters. The molecule has 1 aromatic carbocycles. The van der Waals surface area contributed by atoms with Crippen molar-refractivity contribution in [3.8, 4) is 5.69 Å². The molecule has 1 N–H and O–H groups in total. The van der Waals surface area contributed by atoms with Gasteiger partial charge in [0.25, 0.3) is 0 Å². The number of cyclic esters (lactones) is 1. The van der Waals surface area contributed by atoms with Gasteiger partial charge in [0.1, 0.15) is 12.9 Å². The van der Waals surface area contributed by atoms with E-state index in [1.54, 1.807) is 9.58 Å². The summed E-state index contributed by atoms with van der Waals surface area (Å²) in [6, 6.07) is 5.77. The summed E-state index contributed by atoms with van der Waals surface area (Å²) in [6.07, 6.45) is 4.66. The molecular formula is C22H26N6O4. The Morgan fingerprint density at radius 3 is 2.62 bits per heavy atom. The van der Waals surface area contributed by atoms with E-state index in [0.717, 1.165) is 49.2 Å². The fourth-order valence-electron chi connectivity index (χ4n) is 5.04. The predicted molar refractivity (Wildman–Crippen MR) is 112 cm³/mol. The van der Waals surface area contributed by atoms with Gasteiger partial charge >= 0.3 is 5.97 Å². The number of carbonyl (C=O) groups is 2. The molecule has 2 saturated heterocycles. The molecule has 0 saturated carbocycles. The van der Waals surface area contributed by atoms with Crippen molar-refractivity contribution in [2.24, 2.45) is 5.41 Å². The molecule has 0 radical (unpaired) electrons. The van der Waals surface area contributed by atoms with Gasteiger partial charge in [0.05, 0.1) is 22.9 Å². The maximum absolute atomic E-state index is 13.1. The Kier molecular flexibility index (Phi) is 5.26. The van der Waals surface area contributed by atoms with Crippen LogP contribution >= 0.6 is 0 Å². The Morgan fingerprint density at radius 1 is 1.19 bits per heavy atom. The van der Waals surface area contributed by atoms with Crippen LogP contribution in [0, 0.1) is 12.3 Å². The minimum atomic E-state index is -0.616. The molecule has 1 atom stereocenters. The molecule has 10 nitrogen and oxygen atoms in total. The second-order valence-electron chi connectivity index (χ2n) is 8.84. The summed E-state index contributed by atoms with van der Waals surface area (Å²) < 4.78 is 6.55. The fraction of sp³-hybridized carbons (Fsp3) is 0.500. The molecule has 1 aromatic heterocycles. The molecule has 4 heterocycles. The van der Waals surface area contributed by atoms with Gasteiger partial charge in [-0.15, -0.1) is 5.10 Å². The number of aliphatic hydroxyl groups is 1. The van der Waals surface area contributed by atoms with Crippen LogP contribution in [0.15, 0.2) is 36.3 Å². The highest BCUT2D eigenvalue weighted by Crippen LogP contribution is 2.43. The molecule has 1 spiro atoms. The lowest BCUT2D eigenvalue weighted by atomic mass is 9.77. The molecule has 3 aliphatic heterocycles. The van der Waals surface area contributed by atoms with Gasteiger partial charge in [-0.05, 0) is 73.0 Å². The second kappa shape index (κ2) is 8.10. The quantitative estimate of drug-likeness (QED) is 0.681. The van der Waals surface area contributed by atoms with Crippen LogP contribution in [0.25, 0.3) is 5.69 Å².